The van der Waals surface area contributed by atoms with Crippen LogP contribution in [-0.2, 0) is 4.79 Å². The molecule has 0 amide bonds. The number of carboxylic acids is 1. The van der Waals surface area contributed by atoms with Crippen molar-refractivity contribution < 1.29 is 9.90 Å². The number of nitrogens with zero attached hydrogens (tertiary/aromatic N) is 1. The molecule has 1 rings (SSSR count). The Morgan fingerprint density at radius 1 is 1.26 bits per heavy atom. The highest BCUT2D eigenvalue weighted by Gasteiger charge is 2.29. The van der Waals surface area contributed by atoms with E-state index in [-0.39, 0.29) is 5.92 Å². The molecule has 0 radical (unpaired) electrons. The zero-order chi connectivity index (χ0) is 14.4. The van der Waals surface area contributed by atoms with E-state index >= 15 is 0 Å². The van der Waals surface area contributed by atoms with Gasteiger partial charge < -0.3 is 5.11 Å². The third-order valence-corrected chi connectivity index (χ3v) is 4.46. The lowest BCUT2D eigenvalue weighted by Gasteiger charge is -2.39. The summed E-state index contributed by atoms with van der Waals surface area (Å²) < 4.78 is 0. The van der Waals surface area contributed by atoms with Gasteiger partial charge in [-0.3, -0.25) is 9.69 Å². The van der Waals surface area contributed by atoms with E-state index in [0.29, 0.717) is 24.4 Å². The minimum atomic E-state index is -0.669. The molecule has 3 heteroatoms. The lowest BCUT2D eigenvalue weighted by Crippen LogP contribution is -2.45. The lowest BCUT2D eigenvalue weighted by molar-refractivity contribution is -0.142. The van der Waals surface area contributed by atoms with Crippen molar-refractivity contribution >= 4 is 5.97 Å². The predicted molar refractivity (Wildman–Crippen MR) is 79.2 cm³/mol. The van der Waals surface area contributed by atoms with Crippen LogP contribution < -0.4 is 0 Å². The summed E-state index contributed by atoms with van der Waals surface area (Å²) in [5.41, 5.74) is 0. The smallest absolute Gasteiger partial charge is 0.307 e. The van der Waals surface area contributed by atoms with Crippen molar-refractivity contribution in [2.45, 2.75) is 65.8 Å². The second kappa shape index (κ2) is 7.88. The Bertz CT molecular complexity index is 278. The zero-order valence-electron chi connectivity index (χ0n) is 13.1. The third-order valence-electron chi connectivity index (χ3n) is 4.46. The van der Waals surface area contributed by atoms with Gasteiger partial charge in [-0.05, 0) is 37.6 Å². The molecule has 1 fully saturated rings. The monoisotopic (exact) mass is 269 g/mol. The van der Waals surface area contributed by atoms with Gasteiger partial charge in [-0.15, -0.1) is 0 Å². The van der Waals surface area contributed by atoms with Crippen LogP contribution in [0.15, 0.2) is 0 Å². The van der Waals surface area contributed by atoms with Crippen molar-refractivity contribution in [2.24, 2.45) is 17.8 Å². The van der Waals surface area contributed by atoms with Crippen LogP contribution >= 0.6 is 0 Å². The summed E-state index contributed by atoms with van der Waals surface area (Å²) >= 11 is 0. The minimum absolute atomic E-state index is 0.263. The molecule has 0 aromatic rings. The van der Waals surface area contributed by atoms with Gasteiger partial charge in [0.2, 0.25) is 0 Å². The van der Waals surface area contributed by atoms with Gasteiger partial charge in [0.15, 0.2) is 0 Å². The number of carbonyl (C=O) groups is 1. The minimum Gasteiger partial charge on any atom is -0.481 e. The highest BCUT2D eigenvalue weighted by atomic mass is 16.4. The summed E-state index contributed by atoms with van der Waals surface area (Å²) in [5, 5.41) is 9.15. The molecule has 1 aliphatic rings. The van der Waals surface area contributed by atoms with E-state index < -0.39 is 5.97 Å². The Hall–Kier alpha value is -0.570. The first-order valence-corrected chi connectivity index (χ1v) is 7.88. The second-order valence-electron chi connectivity index (χ2n) is 6.75. The van der Waals surface area contributed by atoms with E-state index in [0.717, 1.165) is 13.0 Å². The Morgan fingerprint density at radius 3 is 2.42 bits per heavy atom. The van der Waals surface area contributed by atoms with Gasteiger partial charge in [-0.1, -0.05) is 40.5 Å². The molecule has 19 heavy (non-hydrogen) atoms. The van der Waals surface area contributed by atoms with Gasteiger partial charge in [0.25, 0.3) is 0 Å². The van der Waals surface area contributed by atoms with E-state index in [9.17, 15) is 4.79 Å². The van der Waals surface area contributed by atoms with Crippen molar-refractivity contribution in [2.75, 3.05) is 13.1 Å². The highest BCUT2D eigenvalue weighted by molar-refractivity contribution is 5.69. The van der Waals surface area contributed by atoms with Crippen LogP contribution in [0.2, 0.25) is 0 Å². The Kier molecular flexibility index (Phi) is 6.84. The maximum absolute atomic E-state index is 11.1. The van der Waals surface area contributed by atoms with Crippen molar-refractivity contribution in [1.29, 1.82) is 0 Å². The van der Waals surface area contributed by atoms with Crippen molar-refractivity contribution in [3.05, 3.63) is 0 Å². The maximum atomic E-state index is 11.1. The summed E-state index contributed by atoms with van der Waals surface area (Å²) in [7, 11) is 0. The SMILES string of the molecule is CC(C)CCN(CC(C)C(=O)O)C1CCCCC1C. The molecule has 0 aromatic heterocycles. The summed E-state index contributed by atoms with van der Waals surface area (Å²) in [6.45, 7) is 10.4. The summed E-state index contributed by atoms with van der Waals surface area (Å²) in [6.07, 6.45) is 6.34. The van der Waals surface area contributed by atoms with E-state index in [1.165, 1.54) is 25.7 Å². The molecule has 0 aliphatic heterocycles. The molecule has 0 heterocycles. The number of hydrogen-bond donors (Lipinski definition) is 1. The zero-order valence-corrected chi connectivity index (χ0v) is 13.1. The van der Waals surface area contributed by atoms with Gasteiger partial charge in [0.1, 0.15) is 0 Å². The highest BCUT2D eigenvalue weighted by Crippen LogP contribution is 2.29. The molecule has 1 saturated carbocycles. The lowest BCUT2D eigenvalue weighted by atomic mass is 9.84. The normalized spacial score (nSPS) is 25.8. The molecule has 3 nitrogen and oxygen atoms in total. The Labute approximate surface area is 118 Å². The molecule has 1 aliphatic carbocycles. The molecule has 0 bridgehead atoms. The fraction of sp³-hybridized carbons (Fsp3) is 0.938. The van der Waals surface area contributed by atoms with Crippen LogP contribution in [0.1, 0.15) is 59.8 Å². The van der Waals surface area contributed by atoms with Crippen molar-refractivity contribution in [3.8, 4) is 0 Å². The van der Waals surface area contributed by atoms with Crippen LogP contribution in [0, 0.1) is 17.8 Å². The largest absolute Gasteiger partial charge is 0.481 e. The molecule has 3 atom stereocenters. The second-order valence-corrected chi connectivity index (χ2v) is 6.75. The fourth-order valence-corrected chi connectivity index (χ4v) is 3.09. The first-order chi connectivity index (χ1) is 8.91. The van der Waals surface area contributed by atoms with Gasteiger partial charge in [0.05, 0.1) is 5.92 Å². The van der Waals surface area contributed by atoms with Crippen LogP contribution in [-0.4, -0.2) is 35.1 Å². The Balaban J connectivity index is 2.63. The third kappa shape index (κ3) is 5.52. The number of hydrogen-bond acceptors (Lipinski definition) is 2. The fourth-order valence-electron chi connectivity index (χ4n) is 3.09. The molecule has 0 aromatic carbocycles. The number of rotatable bonds is 7. The average molecular weight is 269 g/mol. The molecule has 112 valence electrons. The van der Waals surface area contributed by atoms with E-state index in [4.69, 9.17) is 5.11 Å². The van der Waals surface area contributed by atoms with Gasteiger partial charge >= 0.3 is 5.97 Å². The van der Waals surface area contributed by atoms with Gasteiger partial charge in [0, 0.05) is 12.6 Å². The van der Waals surface area contributed by atoms with E-state index in [1.54, 1.807) is 0 Å². The van der Waals surface area contributed by atoms with Crippen molar-refractivity contribution in [3.63, 3.8) is 0 Å². The van der Waals surface area contributed by atoms with Crippen LogP contribution in [0.5, 0.6) is 0 Å². The summed E-state index contributed by atoms with van der Waals surface area (Å²) in [4.78, 5) is 13.6. The van der Waals surface area contributed by atoms with E-state index in [1.807, 2.05) is 6.92 Å². The molecule has 0 saturated heterocycles. The van der Waals surface area contributed by atoms with Crippen LogP contribution in [0.3, 0.4) is 0 Å². The summed E-state index contributed by atoms with van der Waals surface area (Å²) in [6, 6.07) is 0.592. The van der Waals surface area contributed by atoms with Gasteiger partial charge in [-0.25, -0.2) is 0 Å². The number of aliphatic carboxylic acids is 1. The van der Waals surface area contributed by atoms with Gasteiger partial charge in [-0.2, -0.15) is 0 Å². The molecule has 3 unspecified atom stereocenters. The average Bonchev–Trinajstić information content (AvgIpc) is 2.34. The molecular weight excluding hydrogens is 238 g/mol. The van der Waals surface area contributed by atoms with Crippen LogP contribution in [0.4, 0.5) is 0 Å². The summed E-state index contributed by atoms with van der Waals surface area (Å²) in [5.74, 6) is 0.461. The molecular formula is C16H31NO2. The van der Waals surface area contributed by atoms with Crippen LogP contribution in [0.25, 0.3) is 0 Å². The quantitative estimate of drug-likeness (QED) is 0.767. The van der Waals surface area contributed by atoms with E-state index in [2.05, 4.69) is 25.7 Å². The number of carboxylic acid groups (broad SMARTS) is 1. The molecule has 1 N–H and O–H groups in total. The van der Waals surface area contributed by atoms with Crippen molar-refractivity contribution in [1.82, 2.24) is 4.90 Å². The maximum Gasteiger partial charge on any atom is 0.307 e. The molecule has 0 spiro atoms. The topological polar surface area (TPSA) is 40.5 Å². The first kappa shape index (κ1) is 16.5. The first-order valence-electron chi connectivity index (χ1n) is 7.88. The predicted octanol–water partition coefficient (Wildman–Crippen LogP) is 3.63. The Morgan fingerprint density at radius 2 is 1.89 bits per heavy atom. The standard InChI is InChI=1S/C16H31NO2/c1-12(2)9-10-17(11-14(4)16(18)19)15-8-6-5-7-13(15)3/h12-15H,5-11H2,1-4H3,(H,18,19).